The van der Waals surface area contributed by atoms with Crippen LogP contribution in [0.3, 0.4) is 0 Å². The molecule has 2 heterocycles. The molecule has 45 heavy (non-hydrogen) atoms. The average molecular weight is 637 g/mol. The lowest BCUT2D eigenvalue weighted by molar-refractivity contribution is -0.115. The van der Waals surface area contributed by atoms with Crippen LogP contribution in [0.2, 0.25) is 0 Å². The molecule has 1 saturated carbocycles. The molecule has 1 aliphatic rings. The van der Waals surface area contributed by atoms with Crippen LogP contribution in [0, 0.1) is 29.5 Å². The van der Waals surface area contributed by atoms with Gasteiger partial charge in [-0.05, 0) is 44.0 Å². The molecule has 2 aromatic carbocycles. The normalized spacial score (nSPS) is 18.3. The fraction of sp³-hybridized carbons (Fsp3) is 0.290. The first-order valence-corrected chi connectivity index (χ1v) is 14.6. The van der Waals surface area contributed by atoms with Gasteiger partial charge in [-0.25, -0.2) is 32.9 Å². The Kier molecular flexibility index (Phi) is 9.01. The highest BCUT2D eigenvalue weighted by atomic mass is 32.1. The lowest BCUT2D eigenvalue weighted by Gasteiger charge is -2.35. The number of thiazole rings is 1. The standard InChI is InChI=1S/C31H27F3N6O4S/c1-4-18(9-17(13-35)14-36)38-30(41)44-23-5-6-31(33,34)12-25(23)43-24-11-26-21(10-20(24)32)40-29(45-26)19-7-16(2)8-22-28(19)37-15-27(39-22)42-3/h4,7-11,13,15,23,25,35H,5-6,12H2,1-3H3,(H,38,41)/b17-9+,18-4+,35-13?/t23-,25+/m0/s1. The summed E-state index contributed by atoms with van der Waals surface area (Å²) >= 11 is 1.25. The van der Waals surface area contributed by atoms with Crippen molar-refractivity contribution in [2.45, 2.75) is 51.2 Å². The number of nitriles is 1. The molecule has 0 unspecified atom stereocenters. The van der Waals surface area contributed by atoms with Gasteiger partial charge < -0.3 is 19.6 Å². The lowest BCUT2D eigenvalue weighted by atomic mass is 9.91. The minimum atomic E-state index is -3.11. The molecular weight excluding hydrogens is 609 g/mol. The number of alkyl carbamates (subject to hydrolysis) is 1. The Bertz CT molecular complexity index is 1900. The maximum Gasteiger partial charge on any atom is 0.412 e. The first-order chi connectivity index (χ1) is 21.5. The van der Waals surface area contributed by atoms with E-state index in [9.17, 15) is 13.6 Å². The summed E-state index contributed by atoms with van der Waals surface area (Å²) in [5, 5.41) is 19.2. The molecule has 2 atom stereocenters. The number of aromatic nitrogens is 3. The number of methoxy groups -OCH3 is 1. The highest BCUT2D eigenvalue weighted by Gasteiger charge is 2.45. The Morgan fingerprint density at radius 1 is 1.22 bits per heavy atom. The van der Waals surface area contributed by atoms with Gasteiger partial charge in [0.1, 0.15) is 23.3 Å². The van der Waals surface area contributed by atoms with Gasteiger partial charge in [0, 0.05) is 36.0 Å². The number of carbonyl (C=O) groups is 1. The van der Waals surface area contributed by atoms with Crippen LogP contribution in [0.25, 0.3) is 31.8 Å². The third kappa shape index (κ3) is 7.04. The number of allylic oxidation sites excluding steroid dienone is 3. The quantitative estimate of drug-likeness (QED) is 0.119. The average Bonchev–Trinajstić information content (AvgIpc) is 3.42. The number of halogens is 3. The molecule has 4 aromatic rings. The molecule has 232 valence electrons. The van der Waals surface area contributed by atoms with Crippen LogP contribution in [0.4, 0.5) is 18.0 Å². The van der Waals surface area contributed by atoms with Crippen molar-refractivity contribution in [1.82, 2.24) is 20.3 Å². The number of alkyl halides is 2. The maximum atomic E-state index is 15.3. The molecule has 0 spiro atoms. The predicted octanol–water partition coefficient (Wildman–Crippen LogP) is 7.03. The van der Waals surface area contributed by atoms with E-state index in [2.05, 4.69) is 20.3 Å². The lowest BCUT2D eigenvalue weighted by Crippen LogP contribution is -2.46. The summed E-state index contributed by atoms with van der Waals surface area (Å²) < 4.78 is 61.2. The van der Waals surface area contributed by atoms with Crippen LogP contribution >= 0.6 is 11.3 Å². The van der Waals surface area contributed by atoms with Gasteiger partial charge in [0.25, 0.3) is 5.92 Å². The van der Waals surface area contributed by atoms with E-state index in [1.807, 2.05) is 19.1 Å². The van der Waals surface area contributed by atoms with Crippen molar-refractivity contribution >= 4 is 44.9 Å². The van der Waals surface area contributed by atoms with Gasteiger partial charge in [0.2, 0.25) is 5.88 Å². The number of fused-ring (bicyclic) bond motifs is 2. The topological polar surface area (TPSA) is 143 Å². The molecule has 0 radical (unpaired) electrons. The molecule has 1 fully saturated rings. The van der Waals surface area contributed by atoms with Crippen molar-refractivity contribution in [1.29, 1.82) is 10.7 Å². The van der Waals surface area contributed by atoms with Crippen molar-refractivity contribution in [3.8, 4) is 28.3 Å². The van der Waals surface area contributed by atoms with E-state index in [0.29, 0.717) is 37.7 Å². The van der Waals surface area contributed by atoms with Crippen molar-refractivity contribution < 1.29 is 32.2 Å². The van der Waals surface area contributed by atoms with Gasteiger partial charge in [-0.1, -0.05) is 6.08 Å². The first-order valence-electron chi connectivity index (χ1n) is 13.7. The fourth-order valence-electron chi connectivity index (χ4n) is 4.88. The van der Waals surface area contributed by atoms with Gasteiger partial charge in [-0.15, -0.1) is 11.3 Å². The van der Waals surface area contributed by atoms with E-state index in [-0.39, 0.29) is 23.4 Å². The van der Waals surface area contributed by atoms with Crippen molar-refractivity contribution in [3.63, 3.8) is 0 Å². The number of hydrogen-bond acceptors (Lipinski definition) is 10. The third-order valence-corrected chi connectivity index (χ3v) is 8.10. The number of nitrogens with zero attached hydrogens (tertiary/aromatic N) is 4. The summed E-state index contributed by atoms with van der Waals surface area (Å²) in [7, 11) is 1.50. The van der Waals surface area contributed by atoms with Gasteiger partial charge in [-0.3, -0.25) is 5.32 Å². The monoisotopic (exact) mass is 636 g/mol. The van der Waals surface area contributed by atoms with Gasteiger partial charge in [-0.2, -0.15) is 5.26 Å². The van der Waals surface area contributed by atoms with Crippen LogP contribution < -0.4 is 14.8 Å². The van der Waals surface area contributed by atoms with Crippen LogP contribution in [0.15, 0.2) is 53.9 Å². The first kappa shape index (κ1) is 31.4. The molecule has 2 aromatic heterocycles. The molecule has 1 amide bonds. The van der Waals surface area contributed by atoms with Crippen LogP contribution in [0.5, 0.6) is 11.6 Å². The molecule has 1 aliphatic carbocycles. The van der Waals surface area contributed by atoms with Gasteiger partial charge in [0.15, 0.2) is 11.6 Å². The van der Waals surface area contributed by atoms with Crippen LogP contribution in [-0.2, 0) is 4.74 Å². The maximum absolute atomic E-state index is 15.3. The SMILES string of the molecule is C/C=C(\C=C(\C#N)C=N)NC(=O)O[C@H]1CCC(F)(F)C[C@H]1Oc1cc2sc(-c3cc(C)cc4nc(OC)cnc34)nc2cc1F. The summed E-state index contributed by atoms with van der Waals surface area (Å²) in [5.41, 5.74) is 3.26. The summed E-state index contributed by atoms with van der Waals surface area (Å²) in [6, 6.07) is 8.11. The highest BCUT2D eigenvalue weighted by Crippen LogP contribution is 2.40. The van der Waals surface area contributed by atoms with E-state index in [0.717, 1.165) is 11.8 Å². The predicted molar refractivity (Wildman–Crippen MR) is 162 cm³/mol. The van der Waals surface area contributed by atoms with Crippen molar-refractivity contribution in [3.05, 3.63) is 65.3 Å². The Balaban J connectivity index is 1.41. The number of rotatable bonds is 8. The minimum absolute atomic E-state index is 0.0252. The summed E-state index contributed by atoms with van der Waals surface area (Å²) in [6.45, 7) is 3.49. The molecule has 5 rings (SSSR count). The summed E-state index contributed by atoms with van der Waals surface area (Å²) in [5.74, 6) is -3.85. The van der Waals surface area contributed by atoms with E-state index >= 15 is 4.39 Å². The van der Waals surface area contributed by atoms with E-state index in [4.69, 9.17) is 24.9 Å². The zero-order valence-corrected chi connectivity index (χ0v) is 25.2. The summed E-state index contributed by atoms with van der Waals surface area (Å²) in [4.78, 5) is 26.2. The van der Waals surface area contributed by atoms with E-state index in [1.165, 1.54) is 48.9 Å². The molecule has 14 heteroatoms. The molecule has 0 aliphatic heterocycles. The fourth-order valence-corrected chi connectivity index (χ4v) is 5.87. The second-order valence-corrected chi connectivity index (χ2v) is 11.3. The smallest absolute Gasteiger partial charge is 0.412 e. The van der Waals surface area contributed by atoms with Crippen molar-refractivity contribution in [2.24, 2.45) is 0 Å². The molecular formula is C31H27F3N6O4S. The second kappa shape index (κ2) is 12.9. The van der Waals surface area contributed by atoms with Gasteiger partial charge in [0.05, 0.1) is 46.6 Å². The molecule has 2 N–H and O–H groups in total. The number of carbonyl (C=O) groups excluding carboxylic acids is 1. The van der Waals surface area contributed by atoms with Crippen molar-refractivity contribution in [2.75, 3.05) is 7.11 Å². The zero-order chi connectivity index (χ0) is 32.3. The zero-order valence-electron chi connectivity index (χ0n) is 24.4. The van der Waals surface area contributed by atoms with E-state index in [1.54, 1.807) is 13.0 Å². The number of hydrogen-bond donors (Lipinski definition) is 2. The molecule has 10 nitrogen and oxygen atoms in total. The number of amides is 1. The highest BCUT2D eigenvalue weighted by molar-refractivity contribution is 7.21. The Labute approximate surface area is 259 Å². The van der Waals surface area contributed by atoms with Gasteiger partial charge >= 0.3 is 6.09 Å². The number of benzene rings is 2. The Hall–Kier alpha value is -5.03. The number of nitrogens with one attached hydrogen (secondary N) is 2. The molecule has 0 saturated heterocycles. The second-order valence-electron chi connectivity index (χ2n) is 10.3. The van der Waals surface area contributed by atoms with E-state index < -0.39 is 42.9 Å². The van der Waals surface area contributed by atoms with Crippen LogP contribution in [-0.4, -0.2) is 52.5 Å². The minimum Gasteiger partial charge on any atom is -0.483 e. The summed E-state index contributed by atoms with van der Waals surface area (Å²) in [6.07, 6.45) is 0.0249. The third-order valence-electron chi connectivity index (χ3n) is 7.05. The Morgan fingerprint density at radius 3 is 2.73 bits per heavy atom. The number of aryl methyl sites for hydroxylation is 1. The Morgan fingerprint density at radius 2 is 2.02 bits per heavy atom. The van der Waals surface area contributed by atoms with Crippen LogP contribution in [0.1, 0.15) is 31.7 Å². The molecule has 0 bridgehead atoms. The number of ether oxygens (including phenoxy) is 3. The largest absolute Gasteiger partial charge is 0.483 e.